The number of carboxylic acid groups (broad SMARTS) is 1. The largest absolute Gasteiger partial charge is 0.477 e. The first-order chi connectivity index (χ1) is 12.2. The van der Waals surface area contributed by atoms with Crippen molar-refractivity contribution in [1.82, 2.24) is 14.3 Å². The number of rotatable bonds is 4. The van der Waals surface area contributed by atoms with Crippen LogP contribution < -0.4 is 0 Å². The van der Waals surface area contributed by atoms with Crippen LogP contribution in [0.5, 0.6) is 0 Å². The Labute approximate surface area is 152 Å². The van der Waals surface area contributed by atoms with Crippen molar-refractivity contribution in [3.63, 3.8) is 0 Å². The second-order valence-corrected chi connectivity index (χ2v) is 7.81. The Balaban J connectivity index is 1.86. The fraction of sp³-hybridized carbons (Fsp3) is 0.412. The third kappa shape index (κ3) is 2.04. The van der Waals surface area contributed by atoms with E-state index in [4.69, 9.17) is 0 Å². The van der Waals surface area contributed by atoms with Crippen LogP contribution in [0.15, 0.2) is 18.2 Å². The van der Waals surface area contributed by atoms with Crippen molar-refractivity contribution < 1.29 is 24.6 Å². The first kappa shape index (κ1) is 16.9. The number of carbonyl (C=O) groups excluding carboxylic acids is 2. The van der Waals surface area contributed by atoms with E-state index in [0.717, 1.165) is 0 Å². The maximum absolute atomic E-state index is 12.4. The number of aromatic nitrogens is 2. The monoisotopic (exact) mass is 375 g/mol. The lowest BCUT2D eigenvalue weighted by molar-refractivity contribution is -0.163. The number of carboxylic acids is 1. The molecule has 9 heteroatoms. The van der Waals surface area contributed by atoms with Gasteiger partial charge in [0.25, 0.3) is 0 Å². The average molecular weight is 375 g/mol. The first-order valence-electron chi connectivity index (χ1n) is 8.20. The Bertz CT molecular complexity index is 1000. The average Bonchev–Trinajstić information content (AvgIpc) is 3.16. The highest BCUT2D eigenvalue weighted by molar-refractivity contribution is 7.18. The number of aliphatic hydroxyl groups excluding tert-OH is 1. The molecule has 8 nitrogen and oxygen atoms in total. The summed E-state index contributed by atoms with van der Waals surface area (Å²) >= 11 is 1.28. The number of thiazole rings is 1. The Morgan fingerprint density at radius 2 is 2.08 bits per heavy atom. The van der Waals surface area contributed by atoms with Gasteiger partial charge in [-0.25, -0.2) is 9.78 Å². The lowest BCUT2D eigenvalue weighted by atomic mass is 9.77. The SMILES string of the molecule is CC(=O)c1ncn2cc(C3=C(C(=O)O)N4C(=O)[C@H]([C@@H](C)O)[C@H]4[C@H]3C)sc12. The second-order valence-electron chi connectivity index (χ2n) is 6.78. The Hall–Kier alpha value is -2.52. The molecule has 0 radical (unpaired) electrons. The molecule has 2 aromatic heterocycles. The van der Waals surface area contributed by atoms with E-state index in [9.17, 15) is 24.6 Å². The molecule has 4 heterocycles. The third-order valence-electron chi connectivity index (χ3n) is 5.18. The minimum Gasteiger partial charge on any atom is -0.477 e. The summed E-state index contributed by atoms with van der Waals surface area (Å²) in [5, 5.41) is 19.6. The van der Waals surface area contributed by atoms with Gasteiger partial charge < -0.3 is 15.1 Å². The number of hydrogen-bond acceptors (Lipinski definition) is 6. The van der Waals surface area contributed by atoms with E-state index in [2.05, 4.69) is 4.98 Å². The predicted molar refractivity (Wildman–Crippen MR) is 92.6 cm³/mol. The molecule has 2 N–H and O–H groups in total. The van der Waals surface area contributed by atoms with Crippen LogP contribution >= 0.6 is 11.3 Å². The van der Waals surface area contributed by atoms with E-state index < -0.39 is 18.0 Å². The van der Waals surface area contributed by atoms with Crippen molar-refractivity contribution in [2.75, 3.05) is 0 Å². The zero-order chi connectivity index (χ0) is 18.9. The normalized spacial score (nSPS) is 26.2. The van der Waals surface area contributed by atoms with Crippen LogP contribution in [0.1, 0.15) is 36.1 Å². The molecule has 4 atom stereocenters. The van der Waals surface area contributed by atoms with Gasteiger partial charge in [0.05, 0.1) is 22.9 Å². The number of nitrogens with zero attached hydrogens (tertiary/aromatic N) is 3. The minimum absolute atomic E-state index is 0.0359. The van der Waals surface area contributed by atoms with Gasteiger partial charge in [-0.3, -0.25) is 14.0 Å². The van der Waals surface area contributed by atoms with Crippen LogP contribution in [0.4, 0.5) is 0 Å². The van der Waals surface area contributed by atoms with Crippen LogP contribution in [-0.4, -0.2) is 54.3 Å². The molecule has 1 amide bonds. The molecule has 1 fully saturated rings. The molecular weight excluding hydrogens is 358 g/mol. The van der Waals surface area contributed by atoms with E-state index in [0.29, 0.717) is 21.0 Å². The van der Waals surface area contributed by atoms with E-state index in [1.54, 1.807) is 17.5 Å². The molecule has 2 aromatic rings. The van der Waals surface area contributed by atoms with Crippen molar-refractivity contribution in [3.05, 3.63) is 28.8 Å². The van der Waals surface area contributed by atoms with E-state index in [1.165, 1.54) is 29.5 Å². The molecule has 2 aliphatic heterocycles. The summed E-state index contributed by atoms with van der Waals surface area (Å²) in [5.74, 6) is -2.54. The molecule has 0 aromatic carbocycles. The summed E-state index contributed by atoms with van der Waals surface area (Å²) in [4.78, 5) is 42.7. The fourth-order valence-corrected chi connectivity index (χ4v) is 5.32. The summed E-state index contributed by atoms with van der Waals surface area (Å²) in [6.45, 7) is 4.84. The highest BCUT2D eigenvalue weighted by atomic mass is 32.1. The van der Waals surface area contributed by atoms with Crippen molar-refractivity contribution in [1.29, 1.82) is 0 Å². The number of ketones is 1. The number of hydrogen-bond donors (Lipinski definition) is 2. The highest BCUT2D eigenvalue weighted by Gasteiger charge is 2.60. The highest BCUT2D eigenvalue weighted by Crippen LogP contribution is 2.51. The predicted octanol–water partition coefficient (Wildman–Crippen LogP) is 1.25. The number of aliphatic hydroxyl groups is 1. The quantitative estimate of drug-likeness (QED) is 0.614. The zero-order valence-electron chi connectivity index (χ0n) is 14.3. The first-order valence-corrected chi connectivity index (χ1v) is 9.02. The molecule has 4 rings (SSSR count). The Morgan fingerprint density at radius 3 is 2.65 bits per heavy atom. The lowest BCUT2D eigenvalue weighted by Crippen LogP contribution is -2.63. The number of carbonyl (C=O) groups is 3. The van der Waals surface area contributed by atoms with Gasteiger partial charge in [0.15, 0.2) is 5.78 Å². The van der Waals surface area contributed by atoms with Crippen molar-refractivity contribution >= 4 is 39.4 Å². The molecule has 0 saturated carbocycles. The molecule has 136 valence electrons. The third-order valence-corrected chi connectivity index (χ3v) is 6.33. The van der Waals surface area contributed by atoms with E-state index >= 15 is 0 Å². The summed E-state index contributed by atoms with van der Waals surface area (Å²) in [6, 6.07) is -0.365. The molecule has 0 spiro atoms. The van der Waals surface area contributed by atoms with Gasteiger partial charge in [-0.15, -0.1) is 11.3 Å². The van der Waals surface area contributed by atoms with Gasteiger partial charge >= 0.3 is 5.97 Å². The number of β-lactam (4-membered cyclic amide) rings is 1. The maximum atomic E-state index is 12.4. The topological polar surface area (TPSA) is 112 Å². The smallest absolute Gasteiger partial charge is 0.352 e. The number of Topliss-reactive ketones (excluding diaryl/α,β-unsaturated/α-hetero) is 1. The van der Waals surface area contributed by atoms with Gasteiger partial charge in [0.2, 0.25) is 5.91 Å². The van der Waals surface area contributed by atoms with Crippen molar-refractivity contribution in [2.45, 2.75) is 32.9 Å². The number of amides is 1. The van der Waals surface area contributed by atoms with E-state index in [1.807, 2.05) is 6.92 Å². The van der Waals surface area contributed by atoms with Crippen LogP contribution in [-0.2, 0) is 9.59 Å². The number of fused-ring (bicyclic) bond motifs is 2. The molecule has 0 aliphatic carbocycles. The molecule has 26 heavy (non-hydrogen) atoms. The van der Waals surface area contributed by atoms with Gasteiger partial charge in [0, 0.05) is 24.6 Å². The molecule has 1 saturated heterocycles. The zero-order valence-corrected chi connectivity index (χ0v) is 15.1. The van der Waals surface area contributed by atoms with E-state index in [-0.39, 0.29) is 29.3 Å². The minimum atomic E-state index is -1.17. The van der Waals surface area contributed by atoms with Gasteiger partial charge in [0.1, 0.15) is 22.5 Å². The van der Waals surface area contributed by atoms with Crippen LogP contribution in [0.25, 0.3) is 10.4 Å². The Kier molecular flexibility index (Phi) is 3.57. The molecule has 0 unspecified atom stereocenters. The molecular formula is C17H17N3O5S. The van der Waals surface area contributed by atoms with Crippen LogP contribution in [0.3, 0.4) is 0 Å². The van der Waals surface area contributed by atoms with Gasteiger partial charge in [-0.05, 0) is 6.92 Å². The fourth-order valence-electron chi connectivity index (χ4n) is 4.06. The van der Waals surface area contributed by atoms with Crippen molar-refractivity contribution in [3.8, 4) is 0 Å². The summed E-state index contributed by atoms with van der Waals surface area (Å²) in [7, 11) is 0. The van der Waals surface area contributed by atoms with Crippen LogP contribution in [0, 0.1) is 11.8 Å². The standard InChI is InChI=1S/C17H17N3O5S/c1-6-10(9-4-19-5-18-12(8(3)22)16(19)26-9)14(17(24)25)20-13(6)11(7(2)21)15(20)23/h4-7,11,13,21H,1-3H3,(H,24,25)/t6-,7+,11+,13+/m0/s1. The Morgan fingerprint density at radius 1 is 1.38 bits per heavy atom. The second kappa shape index (κ2) is 5.49. The summed E-state index contributed by atoms with van der Waals surface area (Å²) in [5.41, 5.74) is 0.860. The summed E-state index contributed by atoms with van der Waals surface area (Å²) in [6.07, 6.45) is 2.42. The summed E-state index contributed by atoms with van der Waals surface area (Å²) < 4.78 is 1.69. The van der Waals surface area contributed by atoms with Crippen molar-refractivity contribution in [2.24, 2.45) is 11.8 Å². The number of aliphatic carboxylic acids is 1. The van der Waals surface area contributed by atoms with Gasteiger partial charge in [-0.2, -0.15) is 0 Å². The number of imidazole rings is 1. The van der Waals surface area contributed by atoms with Crippen LogP contribution in [0.2, 0.25) is 0 Å². The molecule has 0 bridgehead atoms. The maximum Gasteiger partial charge on any atom is 0.352 e. The molecule has 2 aliphatic rings. The van der Waals surface area contributed by atoms with Gasteiger partial charge in [-0.1, -0.05) is 6.92 Å². The lowest BCUT2D eigenvalue weighted by Gasteiger charge is -2.46.